The third-order valence-corrected chi connectivity index (χ3v) is 5.54. The summed E-state index contributed by atoms with van der Waals surface area (Å²) in [5, 5.41) is 5.50. The molecule has 0 spiro atoms. The van der Waals surface area contributed by atoms with E-state index in [0.29, 0.717) is 27.1 Å². The second-order valence-electron chi connectivity index (χ2n) is 5.45. The number of carbonyl (C=O) groups excluding carboxylic acids is 1. The molecule has 1 aromatic heterocycles. The Bertz CT molecular complexity index is 998. The van der Waals surface area contributed by atoms with Crippen molar-refractivity contribution in [3.63, 3.8) is 0 Å². The Labute approximate surface area is 160 Å². The number of halogens is 1. The van der Waals surface area contributed by atoms with Gasteiger partial charge in [-0.15, -0.1) is 11.3 Å². The molecule has 0 aliphatic carbocycles. The molecule has 134 valence electrons. The van der Waals surface area contributed by atoms with Crippen LogP contribution in [-0.4, -0.2) is 25.8 Å². The molecule has 0 fully saturated rings. The highest BCUT2D eigenvalue weighted by atomic mass is 35.5. The molecule has 0 radical (unpaired) electrons. The molecule has 3 aromatic rings. The van der Waals surface area contributed by atoms with Gasteiger partial charge in [0.15, 0.2) is 0 Å². The molecule has 3 rings (SSSR count). The molecule has 0 saturated carbocycles. The smallest absolute Gasteiger partial charge is 0.283 e. The highest BCUT2D eigenvalue weighted by Crippen LogP contribution is 2.35. The first-order valence-corrected chi connectivity index (χ1v) is 8.98. The molecule has 1 amide bonds. The van der Waals surface area contributed by atoms with E-state index in [1.165, 1.54) is 11.3 Å². The maximum Gasteiger partial charge on any atom is 0.283 e. The molecule has 0 unspecified atom stereocenters. The number of carbonyl (C=O) groups is 1. The van der Waals surface area contributed by atoms with Crippen LogP contribution in [0.1, 0.15) is 22.2 Å². The van der Waals surface area contributed by atoms with Crippen LogP contribution < -0.4 is 14.9 Å². The van der Waals surface area contributed by atoms with E-state index in [9.17, 15) is 4.79 Å². The zero-order valence-electron chi connectivity index (χ0n) is 14.5. The van der Waals surface area contributed by atoms with E-state index in [1.54, 1.807) is 27.2 Å². The first-order valence-electron chi connectivity index (χ1n) is 7.79. The first-order chi connectivity index (χ1) is 12.5. The lowest BCUT2D eigenvalue weighted by atomic mass is 10.1. The summed E-state index contributed by atoms with van der Waals surface area (Å²) in [5.41, 5.74) is 3.93. The number of thiophene rings is 1. The molecular formula is C19H17ClN2O3S. The number of hydrazone groups is 1. The van der Waals surface area contributed by atoms with E-state index in [4.69, 9.17) is 21.1 Å². The number of nitrogens with zero attached hydrogens (tertiary/aromatic N) is 1. The molecule has 0 bridgehead atoms. The van der Waals surface area contributed by atoms with Gasteiger partial charge in [-0.2, -0.15) is 5.10 Å². The Hall–Kier alpha value is -2.57. The van der Waals surface area contributed by atoms with Gasteiger partial charge < -0.3 is 9.47 Å². The summed E-state index contributed by atoms with van der Waals surface area (Å²) < 4.78 is 11.5. The van der Waals surface area contributed by atoms with Crippen molar-refractivity contribution in [1.29, 1.82) is 0 Å². The molecule has 5 nitrogen and oxygen atoms in total. The highest BCUT2D eigenvalue weighted by molar-refractivity contribution is 7.21. The van der Waals surface area contributed by atoms with Gasteiger partial charge in [0.2, 0.25) is 0 Å². The average Bonchev–Trinajstić information content (AvgIpc) is 3.02. The number of fused-ring (bicyclic) bond motifs is 1. The lowest BCUT2D eigenvalue weighted by Gasteiger charge is -2.10. The minimum atomic E-state index is -0.344. The Morgan fingerprint density at radius 3 is 2.62 bits per heavy atom. The fraction of sp³-hybridized carbons (Fsp3) is 0.158. The van der Waals surface area contributed by atoms with Crippen LogP contribution in [0.3, 0.4) is 0 Å². The normalized spacial score (nSPS) is 11.5. The van der Waals surface area contributed by atoms with Gasteiger partial charge >= 0.3 is 0 Å². The number of ether oxygens (including phenoxy) is 2. The zero-order chi connectivity index (χ0) is 18.7. The van der Waals surface area contributed by atoms with Crippen molar-refractivity contribution >= 4 is 44.6 Å². The summed E-state index contributed by atoms with van der Waals surface area (Å²) in [4.78, 5) is 12.9. The molecule has 7 heteroatoms. The molecule has 0 aliphatic rings. The third-order valence-electron chi connectivity index (χ3n) is 3.86. The number of hydrogen-bond donors (Lipinski definition) is 1. The maximum absolute atomic E-state index is 12.5. The minimum Gasteiger partial charge on any atom is -0.497 e. The first kappa shape index (κ1) is 18.2. The van der Waals surface area contributed by atoms with Crippen molar-refractivity contribution in [2.75, 3.05) is 14.2 Å². The van der Waals surface area contributed by atoms with Gasteiger partial charge in [-0.05, 0) is 25.1 Å². The predicted molar refractivity (Wildman–Crippen MR) is 106 cm³/mol. The van der Waals surface area contributed by atoms with E-state index in [2.05, 4.69) is 10.5 Å². The molecule has 0 saturated heterocycles. The Morgan fingerprint density at radius 2 is 1.92 bits per heavy atom. The van der Waals surface area contributed by atoms with E-state index in [0.717, 1.165) is 15.6 Å². The van der Waals surface area contributed by atoms with E-state index >= 15 is 0 Å². The number of methoxy groups -OCH3 is 2. The van der Waals surface area contributed by atoms with Gasteiger partial charge in [0.25, 0.3) is 5.91 Å². The summed E-state index contributed by atoms with van der Waals surface area (Å²) in [6, 6.07) is 13.0. The molecule has 1 heterocycles. The number of benzene rings is 2. The van der Waals surface area contributed by atoms with Crippen LogP contribution in [0.2, 0.25) is 5.02 Å². The number of amides is 1. The van der Waals surface area contributed by atoms with Crippen LogP contribution in [0.15, 0.2) is 47.6 Å². The Morgan fingerprint density at radius 1 is 1.15 bits per heavy atom. The van der Waals surface area contributed by atoms with Crippen molar-refractivity contribution in [1.82, 2.24) is 5.43 Å². The molecule has 2 aromatic carbocycles. The summed E-state index contributed by atoms with van der Waals surface area (Å²) in [6.45, 7) is 1.79. The largest absolute Gasteiger partial charge is 0.497 e. The average molecular weight is 389 g/mol. The number of hydrogen-bond acceptors (Lipinski definition) is 5. The lowest BCUT2D eigenvalue weighted by Crippen LogP contribution is -2.18. The Balaban J connectivity index is 1.84. The molecular weight excluding hydrogens is 372 g/mol. The van der Waals surface area contributed by atoms with Crippen molar-refractivity contribution in [2.24, 2.45) is 5.10 Å². The van der Waals surface area contributed by atoms with E-state index in [1.807, 2.05) is 36.4 Å². The van der Waals surface area contributed by atoms with Gasteiger partial charge in [0, 0.05) is 21.7 Å². The topological polar surface area (TPSA) is 59.9 Å². The van der Waals surface area contributed by atoms with Crippen LogP contribution >= 0.6 is 22.9 Å². The molecule has 0 aliphatic heterocycles. The summed E-state index contributed by atoms with van der Waals surface area (Å²) in [6.07, 6.45) is 0. The summed E-state index contributed by atoms with van der Waals surface area (Å²) in [5.74, 6) is 0.947. The van der Waals surface area contributed by atoms with Gasteiger partial charge in [-0.3, -0.25) is 4.79 Å². The van der Waals surface area contributed by atoms with Gasteiger partial charge in [0.05, 0.1) is 25.0 Å². The fourth-order valence-electron chi connectivity index (χ4n) is 2.50. The van der Waals surface area contributed by atoms with Crippen LogP contribution in [0.4, 0.5) is 0 Å². The fourth-order valence-corrected chi connectivity index (χ4v) is 3.91. The molecule has 1 N–H and O–H groups in total. The van der Waals surface area contributed by atoms with Gasteiger partial charge in [0.1, 0.15) is 16.4 Å². The van der Waals surface area contributed by atoms with Crippen LogP contribution in [-0.2, 0) is 0 Å². The summed E-state index contributed by atoms with van der Waals surface area (Å²) >= 11 is 7.67. The SMILES string of the molecule is COc1ccc(/C(C)=N\NC(=O)c2sc3ccccc3c2Cl)c(OC)c1. The zero-order valence-corrected chi connectivity index (χ0v) is 16.1. The van der Waals surface area contributed by atoms with Gasteiger partial charge in [-0.1, -0.05) is 29.8 Å². The highest BCUT2D eigenvalue weighted by Gasteiger charge is 2.17. The van der Waals surface area contributed by atoms with E-state index < -0.39 is 0 Å². The van der Waals surface area contributed by atoms with Crippen LogP contribution in [0, 0.1) is 0 Å². The number of nitrogens with one attached hydrogen (secondary N) is 1. The monoisotopic (exact) mass is 388 g/mol. The molecule has 26 heavy (non-hydrogen) atoms. The second-order valence-corrected chi connectivity index (χ2v) is 6.88. The maximum atomic E-state index is 12.5. The van der Waals surface area contributed by atoms with Crippen molar-refractivity contribution in [3.05, 3.63) is 57.9 Å². The standard InChI is InChI=1S/C19H17ClN2O3S/c1-11(13-9-8-12(24-2)10-15(13)25-3)21-22-19(23)18-17(20)14-6-4-5-7-16(14)26-18/h4-10H,1-3H3,(H,22,23)/b21-11-. The van der Waals surface area contributed by atoms with Crippen molar-refractivity contribution in [3.8, 4) is 11.5 Å². The minimum absolute atomic E-state index is 0.344. The van der Waals surface area contributed by atoms with Crippen molar-refractivity contribution < 1.29 is 14.3 Å². The summed E-state index contributed by atoms with van der Waals surface area (Å²) in [7, 11) is 3.16. The van der Waals surface area contributed by atoms with Crippen LogP contribution in [0.25, 0.3) is 10.1 Å². The number of rotatable bonds is 5. The Kier molecular flexibility index (Phi) is 5.44. The quantitative estimate of drug-likeness (QED) is 0.508. The third kappa shape index (κ3) is 3.52. The van der Waals surface area contributed by atoms with E-state index in [-0.39, 0.29) is 5.91 Å². The lowest BCUT2D eigenvalue weighted by molar-refractivity contribution is 0.0959. The van der Waals surface area contributed by atoms with Gasteiger partial charge in [-0.25, -0.2) is 5.43 Å². The molecule has 0 atom stereocenters. The van der Waals surface area contributed by atoms with Crippen LogP contribution in [0.5, 0.6) is 11.5 Å². The van der Waals surface area contributed by atoms with Crippen molar-refractivity contribution in [2.45, 2.75) is 6.92 Å². The predicted octanol–water partition coefficient (Wildman–Crippen LogP) is 4.73. The second kappa shape index (κ2) is 7.76.